The molecule has 1 aromatic carbocycles. The van der Waals surface area contributed by atoms with E-state index in [-0.39, 0.29) is 10.8 Å². The van der Waals surface area contributed by atoms with Gasteiger partial charge in [-0.15, -0.1) is 0 Å². The predicted molar refractivity (Wildman–Crippen MR) is 74.8 cm³/mol. The molecule has 0 aliphatic heterocycles. The fourth-order valence-corrected chi connectivity index (χ4v) is 4.35. The number of benzene rings is 1. The summed E-state index contributed by atoms with van der Waals surface area (Å²) in [7, 11) is 0. The molecule has 19 heavy (non-hydrogen) atoms. The van der Waals surface area contributed by atoms with Gasteiger partial charge < -0.3 is 4.98 Å². The molecular formula is C16H19N2O+. The molecule has 98 valence electrons. The summed E-state index contributed by atoms with van der Waals surface area (Å²) in [6.45, 7) is 6.93. The Kier molecular flexibility index (Phi) is 1.82. The standard InChI is InChI=1S/C16H19N2O/c1-15(2)10-8-9-16(15,3)14-13(10)18(19)12-7-5-4-6-11(12)17-14/h4-7,10H,8-9H2,1-3H3,(H,17,19)/q+1. The molecule has 1 saturated carbocycles. The average Bonchev–Trinajstić information content (AvgIpc) is 2.71. The fraction of sp³-hybridized carbons (Fsp3) is 0.500. The highest BCUT2D eigenvalue weighted by molar-refractivity contribution is 5.71. The Labute approximate surface area is 112 Å². The van der Waals surface area contributed by atoms with E-state index in [2.05, 4.69) is 25.8 Å². The van der Waals surface area contributed by atoms with Crippen LogP contribution in [0, 0.1) is 10.3 Å². The first-order valence-corrected chi connectivity index (χ1v) is 7.05. The first kappa shape index (κ1) is 11.2. The molecule has 2 unspecified atom stereocenters. The predicted octanol–water partition coefficient (Wildman–Crippen LogP) is 3.26. The van der Waals surface area contributed by atoms with E-state index in [1.165, 1.54) is 16.5 Å². The van der Waals surface area contributed by atoms with Crippen LogP contribution < -0.4 is 4.43 Å². The van der Waals surface area contributed by atoms with Crippen molar-refractivity contribution in [2.75, 3.05) is 0 Å². The molecule has 1 aromatic heterocycles. The second kappa shape index (κ2) is 3.09. The molecule has 2 atom stereocenters. The quantitative estimate of drug-likeness (QED) is 0.721. The summed E-state index contributed by atoms with van der Waals surface area (Å²) >= 11 is 0. The van der Waals surface area contributed by atoms with E-state index in [0.29, 0.717) is 5.92 Å². The molecule has 2 aliphatic carbocycles. The molecule has 3 nitrogen and oxygen atoms in total. The minimum atomic E-state index is 0.100. The van der Waals surface area contributed by atoms with Crippen molar-refractivity contribution in [3.8, 4) is 0 Å². The highest BCUT2D eigenvalue weighted by atomic mass is 16.3. The van der Waals surface area contributed by atoms with E-state index < -0.39 is 0 Å². The Balaban J connectivity index is 2.17. The molecule has 0 spiro atoms. The van der Waals surface area contributed by atoms with E-state index in [1.807, 2.05) is 24.3 Å². The van der Waals surface area contributed by atoms with Gasteiger partial charge in [0.2, 0.25) is 0 Å². The smallest absolute Gasteiger partial charge is 0.286 e. The maximum absolute atomic E-state index is 12.7. The summed E-state index contributed by atoms with van der Waals surface area (Å²) in [6, 6.07) is 7.80. The van der Waals surface area contributed by atoms with Gasteiger partial charge in [-0.3, -0.25) is 0 Å². The Morgan fingerprint density at radius 2 is 2.00 bits per heavy atom. The number of aromatic amines is 1. The Morgan fingerprint density at radius 1 is 1.26 bits per heavy atom. The summed E-state index contributed by atoms with van der Waals surface area (Å²) in [5.41, 5.74) is 4.12. The molecule has 4 rings (SSSR count). The maximum atomic E-state index is 12.7. The van der Waals surface area contributed by atoms with Gasteiger partial charge in [0.25, 0.3) is 11.2 Å². The van der Waals surface area contributed by atoms with Crippen molar-refractivity contribution in [3.63, 3.8) is 0 Å². The van der Waals surface area contributed by atoms with Crippen molar-refractivity contribution < 1.29 is 4.43 Å². The summed E-state index contributed by atoms with van der Waals surface area (Å²) in [5.74, 6) is 0.380. The molecule has 2 bridgehead atoms. The van der Waals surface area contributed by atoms with Gasteiger partial charge in [-0.2, -0.15) is 0 Å². The summed E-state index contributed by atoms with van der Waals surface area (Å²) in [5, 5.41) is 0. The zero-order valence-corrected chi connectivity index (χ0v) is 11.7. The Bertz CT molecular complexity index is 759. The van der Waals surface area contributed by atoms with Gasteiger partial charge in [-0.25, -0.2) is 0 Å². The van der Waals surface area contributed by atoms with E-state index in [1.54, 1.807) is 0 Å². The van der Waals surface area contributed by atoms with Crippen LogP contribution in [0.5, 0.6) is 0 Å². The van der Waals surface area contributed by atoms with Crippen LogP contribution in [0.25, 0.3) is 11.0 Å². The van der Waals surface area contributed by atoms with Gasteiger partial charge in [-0.05, 0) is 24.3 Å². The number of para-hydroxylation sites is 2. The van der Waals surface area contributed by atoms with Crippen LogP contribution in [0.4, 0.5) is 0 Å². The second-order valence-corrected chi connectivity index (χ2v) is 6.84. The van der Waals surface area contributed by atoms with Crippen LogP contribution in [0.1, 0.15) is 50.9 Å². The lowest BCUT2D eigenvalue weighted by Gasteiger charge is -2.33. The number of rotatable bonds is 0. The van der Waals surface area contributed by atoms with Gasteiger partial charge in [0.15, 0.2) is 0 Å². The summed E-state index contributed by atoms with van der Waals surface area (Å²) in [4.78, 5) is 16.3. The van der Waals surface area contributed by atoms with Crippen molar-refractivity contribution in [1.82, 2.24) is 4.98 Å². The topological polar surface area (TPSA) is 38.8 Å². The molecule has 0 saturated heterocycles. The van der Waals surface area contributed by atoms with E-state index >= 15 is 0 Å². The van der Waals surface area contributed by atoms with Crippen molar-refractivity contribution in [2.24, 2.45) is 5.41 Å². The number of fused-ring (bicyclic) bond motifs is 6. The van der Waals surface area contributed by atoms with Gasteiger partial charge in [0.1, 0.15) is 5.52 Å². The molecule has 0 radical (unpaired) electrons. The van der Waals surface area contributed by atoms with Crippen LogP contribution in [0.2, 0.25) is 0 Å². The first-order chi connectivity index (χ1) is 8.97. The lowest BCUT2D eigenvalue weighted by molar-refractivity contribution is -0.478. The van der Waals surface area contributed by atoms with Crippen LogP contribution in [-0.4, -0.2) is 4.98 Å². The second-order valence-electron chi connectivity index (χ2n) is 6.84. The summed E-state index contributed by atoms with van der Waals surface area (Å²) in [6.07, 6.45) is 2.30. The van der Waals surface area contributed by atoms with Crippen LogP contribution in [0.3, 0.4) is 0 Å². The van der Waals surface area contributed by atoms with Crippen LogP contribution in [0.15, 0.2) is 24.3 Å². The first-order valence-electron chi connectivity index (χ1n) is 7.05. The molecule has 2 aliphatic rings. The third-order valence-electron chi connectivity index (χ3n) is 5.97. The van der Waals surface area contributed by atoms with Gasteiger partial charge >= 0.3 is 0 Å². The number of nitrogens with zero attached hydrogens (tertiary/aromatic N) is 1. The number of aromatic nitrogens is 2. The molecule has 1 fully saturated rings. The van der Waals surface area contributed by atoms with Gasteiger partial charge in [0.05, 0.1) is 16.0 Å². The van der Waals surface area contributed by atoms with Crippen LogP contribution in [-0.2, 0) is 5.41 Å². The maximum Gasteiger partial charge on any atom is 0.286 e. The van der Waals surface area contributed by atoms with Crippen molar-refractivity contribution >= 4 is 11.0 Å². The molecular weight excluding hydrogens is 236 g/mol. The number of hydrogen-bond acceptors (Lipinski definition) is 1. The minimum Gasteiger partial charge on any atom is -0.348 e. The monoisotopic (exact) mass is 255 g/mol. The molecule has 1 heterocycles. The van der Waals surface area contributed by atoms with Gasteiger partial charge in [-0.1, -0.05) is 32.9 Å². The number of hydrogen-bond donors (Lipinski definition) is 1. The third-order valence-corrected chi connectivity index (χ3v) is 5.97. The fourth-order valence-electron chi connectivity index (χ4n) is 4.35. The van der Waals surface area contributed by atoms with E-state index in [9.17, 15) is 4.91 Å². The molecule has 0 amide bonds. The SMILES string of the molecule is CC12CCC(c3c1[nH]c1ccccc1[n+]3=O)C2(C)C. The van der Waals surface area contributed by atoms with Crippen molar-refractivity contribution in [1.29, 1.82) is 0 Å². The van der Waals surface area contributed by atoms with E-state index in [4.69, 9.17) is 0 Å². The molecule has 1 N–H and O–H groups in total. The Morgan fingerprint density at radius 3 is 2.79 bits per heavy atom. The highest BCUT2D eigenvalue weighted by Gasteiger charge is 2.64. The molecule has 2 aromatic rings. The third kappa shape index (κ3) is 1.06. The lowest BCUT2D eigenvalue weighted by atomic mass is 9.70. The normalized spacial score (nSPS) is 30.8. The largest absolute Gasteiger partial charge is 0.348 e. The number of nitrogens with one attached hydrogen (secondary N) is 1. The van der Waals surface area contributed by atoms with Crippen LogP contribution >= 0.6 is 0 Å². The van der Waals surface area contributed by atoms with E-state index in [0.717, 1.165) is 23.1 Å². The molecule has 3 heteroatoms. The highest BCUT2D eigenvalue weighted by Crippen LogP contribution is 2.66. The van der Waals surface area contributed by atoms with Crippen molar-refractivity contribution in [3.05, 3.63) is 40.6 Å². The number of H-pyrrole nitrogens is 1. The lowest BCUT2D eigenvalue weighted by Crippen LogP contribution is -2.32. The zero-order chi connectivity index (χ0) is 13.4. The van der Waals surface area contributed by atoms with Crippen molar-refractivity contribution in [2.45, 2.75) is 44.9 Å². The van der Waals surface area contributed by atoms with Gasteiger partial charge in [0, 0.05) is 16.4 Å². The minimum absolute atomic E-state index is 0.100. The zero-order valence-electron chi connectivity index (χ0n) is 11.7. The Hall–Kier alpha value is -1.64. The average molecular weight is 255 g/mol. The summed E-state index contributed by atoms with van der Waals surface area (Å²) < 4.78 is 1.18.